The Morgan fingerprint density at radius 2 is 2.18 bits per heavy atom. The maximum absolute atomic E-state index is 5.76. The molecule has 2 aliphatic heterocycles. The summed E-state index contributed by atoms with van der Waals surface area (Å²) < 4.78 is 5.76. The van der Waals surface area contributed by atoms with E-state index in [1.165, 1.54) is 19.3 Å². The van der Waals surface area contributed by atoms with E-state index in [1.807, 2.05) is 0 Å². The summed E-state index contributed by atoms with van der Waals surface area (Å²) in [7, 11) is 0. The average molecular weight is 178 g/mol. The summed E-state index contributed by atoms with van der Waals surface area (Å²) in [4.78, 5) is 0. The first-order valence-corrected chi connectivity index (χ1v) is 4.12. The van der Waals surface area contributed by atoms with Gasteiger partial charge in [0, 0.05) is 6.54 Å². The standard InChI is InChI=1S/C8H15NO.ClH/c1-6-2-7-3-8(4-7,5-9)10-6;/h6-7H,2-5,9H2,1H3;1H. The molecule has 3 aliphatic rings. The van der Waals surface area contributed by atoms with E-state index in [-0.39, 0.29) is 18.0 Å². The van der Waals surface area contributed by atoms with Crippen molar-refractivity contribution in [2.75, 3.05) is 6.54 Å². The van der Waals surface area contributed by atoms with E-state index in [4.69, 9.17) is 10.5 Å². The van der Waals surface area contributed by atoms with Crippen molar-refractivity contribution in [3.63, 3.8) is 0 Å². The van der Waals surface area contributed by atoms with Gasteiger partial charge in [0.15, 0.2) is 0 Å². The third-order valence-corrected chi connectivity index (χ3v) is 2.81. The van der Waals surface area contributed by atoms with Crippen LogP contribution in [0.5, 0.6) is 0 Å². The molecule has 1 aliphatic carbocycles. The predicted octanol–water partition coefficient (Wildman–Crippen LogP) is 1.32. The Bertz CT molecular complexity index is 145. The molecule has 0 amide bonds. The summed E-state index contributed by atoms with van der Waals surface area (Å²) in [6.45, 7) is 2.86. The SMILES string of the molecule is CC1CC2CC(CN)(C2)O1.Cl. The van der Waals surface area contributed by atoms with Crippen LogP contribution in [0.3, 0.4) is 0 Å². The molecule has 2 saturated heterocycles. The van der Waals surface area contributed by atoms with Crippen molar-refractivity contribution in [3.05, 3.63) is 0 Å². The molecule has 2 N–H and O–H groups in total. The van der Waals surface area contributed by atoms with Gasteiger partial charge in [0.25, 0.3) is 0 Å². The number of nitrogens with two attached hydrogens (primary N) is 1. The number of halogens is 1. The molecule has 1 saturated carbocycles. The predicted molar refractivity (Wildman–Crippen MR) is 46.9 cm³/mol. The molecule has 1 atom stereocenters. The minimum Gasteiger partial charge on any atom is -0.371 e. The fourth-order valence-corrected chi connectivity index (χ4v) is 2.41. The van der Waals surface area contributed by atoms with E-state index in [0.29, 0.717) is 12.6 Å². The Kier molecular flexibility index (Phi) is 2.47. The Hall–Kier alpha value is 0.210. The topological polar surface area (TPSA) is 35.2 Å². The molecular weight excluding hydrogens is 162 g/mol. The summed E-state index contributed by atoms with van der Waals surface area (Å²) in [5.74, 6) is 0.923. The molecule has 0 radical (unpaired) electrons. The summed E-state index contributed by atoms with van der Waals surface area (Å²) >= 11 is 0. The van der Waals surface area contributed by atoms with Crippen molar-refractivity contribution < 1.29 is 4.74 Å². The zero-order valence-corrected chi connectivity index (χ0v) is 7.69. The monoisotopic (exact) mass is 177 g/mol. The highest BCUT2D eigenvalue weighted by atomic mass is 35.5. The van der Waals surface area contributed by atoms with Gasteiger partial charge in [0.05, 0.1) is 11.7 Å². The quantitative estimate of drug-likeness (QED) is 0.656. The molecule has 3 rings (SSSR count). The van der Waals surface area contributed by atoms with E-state index in [0.717, 1.165) is 5.92 Å². The van der Waals surface area contributed by atoms with Crippen molar-refractivity contribution in [1.29, 1.82) is 0 Å². The molecule has 3 heteroatoms. The van der Waals surface area contributed by atoms with Crippen LogP contribution in [0.4, 0.5) is 0 Å². The first-order chi connectivity index (χ1) is 4.74. The zero-order valence-electron chi connectivity index (χ0n) is 6.88. The molecule has 1 unspecified atom stereocenters. The molecule has 2 heterocycles. The smallest absolute Gasteiger partial charge is 0.0813 e. The fourth-order valence-electron chi connectivity index (χ4n) is 2.41. The van der Waals surface area contributed by atoms with E-state index in [1.54, 1.807) is 0 Å². The highest BCUT2D eigenvalue weighted by Gasteiger charge is 2.49. The first-order valence-electron chi connectivity index (χ1n) is 4.12. The van der Waals surface area contributed by atoms with Gasteiger partial charge in [-0.3, -0.25) is 0 Å². The lowest BCUT2D eigenvalue weighted by molar-refractivity contribution is -0.205. The molecule has 0 aromatic heterocycles. The van der Waals surface area contributed by atoms with E-state index in [2.05, 4.69) is 6.92 Å². The second kappa shape index (κ2) is 2.92. The van der Waals surface area contributed by atoms with Gasteiger partial charge < -0.3 is 10.5 Å². The molecule has 0 spiro atoms. The van der Waals surface area contributed by atoms with Crippen molar-refractivity contribution >= 4 is 12.4 Å². The largest absolute Gasteiger partial charge is 0.371 e. The summed E-state index contributed by atoms with van der Waals surface area (Å²) in [6, 6.07) is 0. The minimum atomic E-state index is 0. The van der Waals surface area contributed by atoms with Crippen molar-refractivity contribution in [1.82, 2.24) is 0 Å². The Morgan fingerprint density at radius 3 is 2.55 bits per heavy atom. The van der Waals surface area contributed by atoms with Crippen LogP contribution in [-0.2, 0) is 4.74 Å². The third kappa shape index (κ3) is 1.40. The maximum Gasteiger partial charge on any atom is 0.0813 e. The second-order valence-electron chi connectivity index (χ2n) is 3.83. The molecule has 2 nitrogen and oxygen atoms in total. The van der Waals surface area contributed by atoms with Gasteiger partial charge in [-0.2, -0.15) is 0 Å². The van der Waals surface area contributed by atoms with Crippen LogP contribution in [-0.4, -0.2) is 18.2 Å². The van der Waals surface area contributed by atoms with E-state index < -0.39 is 0 Å². The normalized spacial score (nSPS) is 47.5. The molecular formula is C8H16ClNO. The molecule has 3 fully saturated rings. The minimum absolute atomic E-state index is 0. The van der Waals surface area contributed by atoms with Gasteiger partial charge >= 0.3 is 0 Å². The van der Waals surface area contributed by atoms with Crippen LogP contribution < -0.4 is 5.73 Å². The Balaban J connectivity index is 0.000000605. The second-order valence-corrected chi connectivity index (χ2v) is 3.83. The van der Waals surface area contributed by atoms with E-state index in [9.17, 15) is 0 Å². The Labute approximate surface area is 73.9 Å². The van der Waals surface area contributed by atoms with Crippen LogP contribution in [0.15, 0.2) is 0 Å². The van der Waals surface area contributed by atoms with Crippen LogP contribution in [0.1, 0.15) is 26.2 Å². The van der Waals surface area contributed by atoms with Crippen LogP contribution in [0.25, 0.3) is 0 Å². The lowest BCUT2D eigenvalue weighted by atomic mass is 9.66. The van der Waals surface area contributed by atoms with Crippen molar-refractivity contribution in [2.45, 2.75) is 37.9 Å². The van der Waals surface area contributed by atoms with Gasteiger partial charge in [-0.25, -0.2) is 0 Å². The highest BCUT2D eigenvalue weighted by molar-refractivity contribution is 5.85. The molecule has 0 aromatic rings. The van der Waals surface area contributed by atoms with Crippen LogP contribution in [0, 0.1) is 5.92 Å². The average Bonchev–Trinajstić information content (AvgIpc) is 1.84. The first kappa shape index (κ1) is 9.30. The third-order valence-electron chi connectivity index (χ3n) is 2.81. The number of ether oxygens (including phenoxy) is 1. The highest BCUT2D eigenvalue weighted by Crippen LogP contribution is 2.48. The van der Waals surface area contributed by atoms with Crippen LogP contribution in [0.2, 0.25) is 0 Å². The molecule has 11 heavy (non-hydrogen) atoms. The van der Waals surface area contributed by atoms with Gasteiger partial charge in [-0.15, -0.1) is 12.4 Å². The molecule has 0 aromatic carbocycles. The number of hydrogen-bond acceptors (Lipinski definition) is 2. The number of rotatable bonds is 1. The van der Waals surface area contributed by atoms with Crippen LogP contribution >= 0.6 is 12.4 Å². The Morgan fingerprint density at radius 1 is 1.55 bits per heavy atom. The molecule has 66 valence electrons. The summed E-state index contributed by atoms with van der Waals surface area (Å²) in [6.07, 6.45) is 4.14. The van der Waals surface area contributed by atoms with Gasteiger partial charge in [-0.1, -0.05) is 0 Å². The fraction of sp³-hybridized carbons (Fsp3) is 1.00. The lowest BCUT2D eigenvalue weighted by Crippen LogP contribution is -2.58. The molecule has 2 bridgehead atoms. The van der Waals surface area contributed by atoms with Gasteiger partial charge in [0.2, 0.25) is 0 Å². The summed E-state index contributed by atoms with van der Waals surface area (Å²) in [5.41, 5.74) is 5.73. The van der Waals surface area contributed by atoms with Crippen molar-refractivity contribution in [3.8, 4) is 0 Å². The summed E-state index contributed by atoms with van der Waals surface area (Å²) in [5, 5.41) is 0. The zero-order chi connectivity index (χ0) is 7.19. The van der Waals surface area contributed by atoms with E-state index >= 15 is 0 Å². The maximum atomic E-state index is 5.76. The van der Waals surface area contributed by atoms with Crippen molar-refractivity contribution in [2.24, 2.45) is 11.7 Å². The lowest BCUT2D eigenvalue weighted by Gasteiger charge is -2.54. The van der Waals surface area contributed by atoms with Gasteiger partial charge in [-0.05, 0) is 32.1 Å². The number of fused-ring (bicyclic) bond motifs is 2. The number of hydrogen-bond donors (Lipinski definition) is 1. The van der Waals surface area contributed by atoms with Gasteiger partial charge in [0.1, 0.15) is 0 Å².